The van der Waals surface area contributed by atoms with Gasteiger partial charge in [0.05, 0.1) is 23.3 Å². The molecule has 0 radical (unpaired) electrons. The van der Waals surface area contributed by atoms with Crippen LogP contribution in [0, 0.1) is 18.3 Å². The molecule has 0 aliphatic carbocycles. The normalized spacial score (nSPS) is 11.4. The summed E-state index contributed by atoms with van der Waals surface area (Å²) in [5.74, 6) is 0.588. The molecule has 0 amide bonds. The summed E-state index contributed by atoms with van der Waals surface area (Å²) in [5, 5.41) is 9.81. The first-order chi connectivity index (χ1) is 10.9. The standard InChI is InChI=1S/C16H10F3N3O/c1-9-6-12-10(7-20)2-4-13(15(12)22-9)23-11-3-5-14(21-8-11)16(17,18)19/h2-6,8,22H,1H3. The molecule has 7 heteroatoms. The zero-order valence-electron chi connectivity index (χ0n) is 11.9. The van der Waals surface area contributed by atoms with Crippen molar-refractivity contribution in [1.29, 1.82) is 5.26 Å². The van der Waals surface area contributed by atoms with Crippen molar-refractivity contribution < 1.29 is 17.9 Å². The number of pyridine rings is 1. The van der Waals surface area contributed by atoms with Gasteiger partial charge in [0.25, 0.3) is 0 Å². The fraction of sp³-hybridized carbons (Fsp3) is 0.125. The number of rotatable bonds is 2. The molecule has 23 heavy (non-hydrogen) atoms. The average Bonchev–Trinajstić information content (AvgIpc) is 2.89. The summed E-state index contributed by atoms with van der Waals surface area (Å²) < 4.78 is 43.1. The first-order valence-corrected chi connectivity index (χ1v) is 6.62. The third-order valence-corrected chi connectivity index (χ3v) is 3.27. The summed E-state index contributed by atoms with van der Waals surface area (Å²) in [6.07, 6.45) is -3.47. The lowest BCUT2D eigenvalue weighted by Gasteiger charge is -2.09. The number of nitrogens with one attached hydrogen (secondary N) is 1. The monoisotopic (exact) mass is 317 g/mol. The molecule has 4 nitrogen and oxygen atoms in total. The number of H-pyrrole nitrogens is 1. The second-order valence-corrected chi connectivity index (χ2v) is 4.94. The quantitative estimate of drug-likeness (QED) is 0.754. The van der Waals surface area contributed by atoms with Crippen molar-refractivity contribution in [3.05, 3.63) is 53.5 Å². The average molecular weight is 317 g/mol. The van der Waals surface area contributed by atoms with E-state index in [1.54, 1.807) is 12.1 Å². The van der Waals surface area contributed by atoms with E-state index in [-0.39, 0.29) is 5.75 Å². The molecular weight excluding hydrogens is 307 g/mol. The number of aryl methyl sites for hydroxylation is 1. The molecule has 1 N–H and O–H groups in total. The highest BCUT2D eigenvalue weighted by Gasteiger charge is 2.32. The minimum Gasteiger partial charge on any atom is -0.454 e. The third-order valence-electron chi connectivity index (χ3n) is 3.27. The second kappa shape index (κ2) is 5.32. The topological polar surface area (TPSA) is 61.7 Å². The predicted octanol–water partition coefficient (Wildman–Crippen LogP) is 4.55. The van der Waals surface area contributed by atoms with Crippen molar-refractivity contribution in [2.45, 2.75) is 13.1 Å². The summed E-state index contributed by atoms with van der Waals surface area (Å²) >= 11 is 0. The lowest BCUT2D eigenvalue weighted by Crippen LogP contribution is -2.07. The van der Waals surface area contributed by atoms with Gasteiger partial charge in [0.15, 0.2) is 5.75 Å². The number of ether oxygens (including phenoxy) is 1. The molecule has 0 saturated heterocycles. The van der Waals surface area contributed by atoms with Crippen LogP contribution in [0.5, 0.6) is 11.5 Å². The van der Waals surface area contributed by atoms with Crippen LogP contribution in [-0.4, -0.2) is 9.97 Å². The Bertz CT molecular complexity index is 905. The van der Waals surface area contributed by atoms with Crippen molar-refractivity contribution >= 4 is 10.9 Å². The van der Waals surface area contributed by atoms with Gasteiger partial charge < -0.3 is 9.72 Å². The molecule has 1 aromatic carbocycles. The lowest BCUT2D eigenvalue weighted by molar-refractivity contribution is -0.141. The van der Waals surface area contributed by atoms with E-state index in [1.165, 1.54) is 6.07 Å². The van der Waals surface area contributed by atoms with Gasteiger partial charge in [-0.1, -0.05) is 0 Å². The van der Waals surface area contributed by atoms with Gasteiger partial charge in [-0.05, 0) is 37.3 Å². The zero-order chi connectivity index (χ0) is 16.6. The highest BCUT2D eigenvalue weighted by Crippen LogP contribution is 2.33. The zero-order valence-corrected chi connectivity index (χ0v) is 11.9. The van der Waals surface area contributed by atoms with Crippen LogP contribution in [0.4, 0.5) is 13.2 Å². The van der Waals surface area contributed by atoms with Crippen LogP contribution in [0.15, 0.2) is 36.5 Å². The van der Waals surface area contributed by atoms with E-state index >= 15 is 0 Å². The molecule has 0 fully saturated rings. The second-order valence-electron chi connectivity index (χ2n) is 4.94. The van der Waals surface area contributed by atoms with Crippen molar-refractivity contribution in [3.8, 4) is 17.6 Å². The molecule has 0 aliphatic heterocycles. The molecule has 2 aromatic heterocycles. The maximum absolute atomic E-state index is 12.5. The fourth-order valence-electron chi connectivity index (χ4n) is 2.25. The number of benzene rings is 1. The predicted molar refractivity (Wildman–Crippen MR) is 77.1 cm³/mol. The van der Waals surface area contributed by atoms with Crippen LogP contribution in [0.1, 0.15) is 17.0 Å². The summed E-state index contributed by atoms with van der Waals surface area (Å²) in [7, 11) is 0. The Hall–Kier alpha value is -3.01. The van der Waals surface area contributed by atoms with Gasteiger partial charge >= 0.3 is 6.18 Å². The molecule has 2 heterocycles. The van der Waals surface area contributed by atoms with Gasteiger partial charge in [-0.25, -0.2) is 4.98 Å². The molecule has 0 atom stereocenters. The highest BCUT2D eigenvalue weighted by atomic mass is 19.4. The Morgan fingerprint density at radius 3 is 2.61 bits per heavy atom. The molecule has 0 aliphatic rings. The minimum atomic E-state index is -4.49. The Kier molecular flexibility index (Phi) is 3.45. The SMILES string of the molecule is Cc1cc2c(C#N)ccc(Oc3ccc(C(F)(F)F)nc3)c2[nH]1. The molecule has 3 rings (SSSR count). The highest BCUT2D eigenvalue weighted by molar-refractivity contribution is 5.91. The van der Waals surface area contributed by atoms with E-state index in [2.05, 4.69) is 16.0 Å². The molecule has 0 spiro atoms. The molecule has 0 unspecified atom stereocenters. The summed E-state index contributed by atoms with van der Waals surface area (Å²) in [4.78, 5) is 6.43. The Labute approximate surface area is 129 Å². The van der Waals surface area contributed by atoms with Crippen LogP contribution < -0.4 is 4.74 Å². The van der Waals surface area contributed by atoms with E-state index in [4.69, 9.17) is 10.00 Å². The number of aromatic nitrogens is 2. The van der Waals surface area contributed by atoms with Crippen LogP contribution in [-0.2, 0) is 6.18 Å². The first kappa shape index (κ1) is 14.9. The van der Waals surface area contributed by atoms with Gasteiger partial charge in [0.1, 0.15) is 11.4 Å². The van der Waals surface area contributed by atoms with E-state index in [1.807, 2.05) is 13.0 Å². The molecule has 0 bridgehead atoms. The molecular formula is C16H10F3N3O. The Morgan fingerprint density at radius 1 is 1.22 bits per heavy atom. The minimum absolute atomic E-state index is 0.177. The number of fused-ring (bicyclic) bond motifs is 1. The van der Waals surface area contributed by atoms with E-state index in [0.717, 1.165) is 18.0 Å². The largest absolute Gasteiger partial charge is 0.454 e. The van der Waals surface area contributed by atoms with E-state index in [0.29, 0.717) is 22.2 Å². The van der Waals surface area contributed by atoms with Crippen LogP contribution >= 0.6 is 0 Å². The van der Waals surface area contributed by atoms with Gasteiger partial charge in [0.2, 0.25) is 0 Å². The summed E-state index contributed by atoms with van der Waals surface area (Å²) in [6, 6.07) is 9.15. The first-order valence-electron chi connectivity index (χ1n) is 6.62. The van der Waals surface area contributed by atoms with E-state index < -0.39 is 11.9 Å². The van der Waals surface area contributed by atoms with E-state index in [9.17, 15) is 13.2 Å². The van der Waals surface area contributed by atoms with Gasteiger partial charge in [-0.15, -0.1) is 0 Å². The molecule has 0 saturated carbocycles. The maximum atomic E-state index is 12.5. The number of halogens is 3. The van der Waals surface area contributed by atoms with Crippen LogP contribution in [0.25, 0.3) is 10.9 Å². The molecule has 3 aromatic rings. The number of nitrogens with zero attached hydrogens (tertiary/aromatic N) is 2. The smallest absolute Gasteiger partial charge is 0.433 e. The number of hydrogen-bond donors (Lipinski definition) is 1. The van der Waals surface area contributed by atoms with Crippen LogP contribution in [0.3, 0.4) is 0 Å². The lowest BCUT2D eigenvalue weighted by atomic mass is 10.1. The van der Waals surface area contributed by atoms with Crippen molar-refractivity contribution in [2.24, 2.45) is 0 Å². The fourth-order valence-corrected chi connectivity index (χ4v) is 2.25. The number of nitriles is 1. The number of hydrogen-bond acceptors (Lipinski definition) is 3. The summed E-state index contributed by atoms with van der Waals surface area (Å²) in [5.41, 5.74) is 0.965. The van der Waals surface area contributed by atoms with Gasteiger partial charge in [0, 0.05) is 11.1 Å². The number of aromatic amines is 1. The van der Waals surface area contributed by atoms with Crippen molar-refractivity contribution in [1.82, 2.24) is 9.97 Å². The van der Waals surface area contributed by atoms with Crippen molar-refractivity contribution in [2.75, 3.05) is 0 Å². The van der Waals surface area contributed by atoms with Gasteiger partial charge in [-0.3, -0.25) is 0 Å². The third kappa shape index (κ3) is 2.83. The Morgan fingerprint density at radius 2 is 2.00 bits per heavy atom. The maximum Gasteiger partial charge on any atom is 0.433 e. The van der Waals surface area contributed by atoms with Crippen molar-refractivity contribution in [3.63, 3.8) is 0 Å². The molecule has 116 valence electrons. The van der Waals surface area contributed by atoms with Gasteiger partial charge in [-0.2, -0.15) is 18.4 Å². The Balaban J connectivity index is 1.98. The summed E-state index contributed by atoms with van der Waals surface area (Å²) in [6.45, 7) is 1.84. The number of alkyl halides is 3. The van der Waals surface area contributed by atoms with Crippen LogP contribution in [0.2, 0.25) is 0 Å².